The van der Waals surface area contributed by atoms with E-state index in [1.807, 2.05) is 0 Å². The third-order valence-corrected chi connectivity index (χ3v) is 8.56. The van der Waals surface area contributed by atoms with Crippen LogP contribution in [0.1, 0.15) is 10.4 Å². The van der Waals surface area contributed by atoms with Gasteiger partial charge in [0.2, 0.25) is 10.0 Å². The van der Waals surface area contributed by atoms with E-state index < -0.39 is 36.5 Å². The Morgan fingerprint density at radius 1 is 0.935 bits per heavy atom. The zero-order chi connectivity index (χ0) is 23.0. The molecule has 0 fully saturated rings. The van der Waals surface area contributed by atoms with E-state index in [0.29, 0.717) is 15.3 Å². The fourth-order valence-corrected chi connectivity index (χ4v) is 6.06. The topological polar surface area (TPSA) is 71.5 Å². The molecular formula is C20H18F3NO4S3. The summed E-state index contributed by atoms with van der Waals surface area (Å²) >= 11 is 1.23. The first kappa shape index (κ1) is 23.5. The molecular weight excluding hydrogens is 471 g/mol. The predicted octanol–water partition coefficient (Wildman–Crippen LogP) is 4.66. The number of sulfone groups is 1. The van der Waals surface area contributed by atoms with Crippen LogP contribution < -0.4 is 0 Å². The Bertz CT molecular complexity index is 1310. The van der Waals surface area contributed by atoms with Crippen molar-refractivity contribution >= 4 is 31.2 Å². The smallest absolute Gasteiger partial charge is 0.224 e. The van der Waals surface area contributed by atoms with Gasteiger partial charge in [0.25, 0.3) is 0 Å². The zero-order valence-corrected chi connectivity index (χ0v) is 18.9. The Hall–Kier alpha value is -2.21. The minimum Gasteiger partial charge on any atom is -0.224 e. The van der Waals surface area contributed by atoms with E-state index in [1.165, 1.54) is 36.6 Å². The van der Waals surface area contributed by atoms with Gasteiger partial charge in [0.1, 0.15) is 0 Å². The van der Waals surface area contributed by atoms with Crippen molar-refractivity contribution in [3.63, 3.8) is 0 Å². The van der Waals surface area contributed by atoms with Crippen LogP contribution in [0.3, 0.4) is 0 Å². The van der Waals surface area contributed by atoms with Gasteiger partial charge in [-0.2, -0.15) is 17.5 Å². The number of halogens is 3. The van der Waals surface area contributed by atoms with E-state index in [2.05, 4.69) is 0 Å². The second-order valence-electron chi connectivity index (χ2n) is 6.82. The molecule has 0 N–H and O–H groups in total. The first-order valence-electron chi connectivity index (χ1n) is 8.82. The van der Waals surface area contributed by atoms with Crippen molar-refractivity contribution in [1.29, 1.82) is 0 Å². The van der Waals surface area contributed by atoms with E-state index in [1.54, 1.807) is 24.3 Å². The van der Waals surface area contributed by atoms with Crippen LogP contribution in [-0.4, -0.2) is 34.4 Å². The van der Waals surface area contributed by atoms with Crippen molar-refractivity contribution in [3.05, 3.63) is 71.1 Å². The second kappa shape index (κ2) is 8.38. The lowest BCUT2D eigenvalue weighted by molar-refractivity contribution is -0.139. The molecule has 0 aliphatic rings. The van der Waals surface area contributed by atoms with Crippen LogP contribution in [-0.2, 0) is 32.6 Å². The van der Waals surface area contributed by atoms with Crippen molar-refractivity contribution in [2.75, 3.05) is 13.3 Å². The molecule has 166 valence electrons. The number of alkyl halides is 3. The van der Waals surface area contributed by atoms with Gasteiger partial charge >= 0.3 is 6.18 Å². The molecule has 0 aliphatic heterocycles. The molecule has 0 aliphatic carbocycles. The lowest BCUT2D eigenvalue weighted by Crippen LogP contribution is -2.28. The van der Waals surface area contributed by atoms with Gasteiger partial charge in [0, 0.05) is 29.6 Å². The first-order chi connectivity index (χ1) is 14.3. The Morgan fingerprint density at radius 3 is 2.26 bits per heavy atom. The number of nitrogens with zero attached hydrogens (tertiary/aromatic N) is 1. The summed E-state index contributed by atoms with van der Waals surface area (Å²) in [6, 6.07) is 13.8. The van der Waals surface area contributed by atoms with Crippen LogP contribution >= 0.6 is 11.3 Å². The summed E-state index contributed by atoms with van der Waals surface area (Å²) in [6.45, 7) is -0.134. The third-order valence-electron chi connectivity index (χ3n) is 4.47. The van der Waals surface area contributed by atoms with Crippen LogP contribution in [0.5, 0.6) is 0 Å². The number of hydrogen-bond acceptors (Lipinski definition) is 5. The van der Waals surface area contributed by atoms with Crippen LogP contribution in [0.15, 0.2) is 70.5 Å². The number of sulfonamides is 1. The highest BCUT2D eigenvalue weighted by molar-refractivity contribution is 7.90. The Kier molecular flexibility index (Phi) is 6.34. The molecule has 1 heterocycles. The standard InChI is InChI=1S/C20H18F3NO4S3/c1-24(31(27,28)19-9-4-3-8-17(19)20(21,22)23)13-15-10-11-18(29-15)14-6-5-7-16(12-14)30(2,25)26/h3-12H,13H2,1-2H3. The molecule has 2 aromatic carbocycles. The Morgan fingerprint density at radius 2 is 1.61 bits per heavy atom. The van der Waals surface area contributed by atoms with Gasteiger partial charge in [0.15, 0.2) is 9.84 Å². The minimum atomic E-state index is -4.80. The number of rotatable bonds is 6. The SMILES string of the molecule is CN(Cc1ccc(-c2cccc(S(C)(=O)=O)c2)s1)S(=O)(=O)c1ccccc1C(F)(F)F. The van der Waals surface area contributed by atoms with Gasteiger partial charge < -0.3 is 0 Å². The summed E-state index contributed by atoms with van der Waals surface area (Å²) in [5, 5.41) is 0. The third kappa shape index (κ3) is 5.17. The van der Waals surface area contributed by atoms with E-state index >= 15 is 0 Å². The molecule has 0 bridgehead atoms. The maximum absolute atomic E-state index is 13.3. The Labute approximate surface area is 182 Å². The average Bonchev–Trinajstić information content (AvgIpc) is 3.15. The monoisotopic (exact) mass is 489 g/mol. The maximum atomic E-state index is 13.3. The molecule has 0 radical (unpaired) electrons. The lowest BCUT2D eigenvalue weighted by Gasteiger charge is -2.19. The normalized spacial score (nSPS) is 13.0. The van der Waals surface area contributed by atoms with Crippen LogP contribution in [0, 0.1) is 0 Å². The molecule has 0 unspecified atom stereocenters. The lowest BCUT2D eigenvalue weighted by atomic mass is 10.2. The fourth-order valence-electron chi connectivity index (χ4n) is 2.90. The predicted molar refractivity (Wildman–Crippen MR) is 113 cm³/mol. The first-order valence-corrected chi connectivity index (χ1v) is 13.0. The van der Waals surface area contributed by atoms with E-state index in [-0.39, 0.29) is 11.4 Å². The largest absolute Gasteiger partial charge is 0.417 e. The highest BCUT2D eigenvalue weighted by atomic mass is 32.2. The highest BCUT2D eigenvalue weighted by Crippen LogP contribution is 2.36. The molecule has 0 saturated heterocycles. The quantitative estimate of drug-likeness (QED) is 0.505. The van der Waals surface area contributed by atoms with E-state index in [4.69, 9.17) is 0 Å². The van der Waals surface area contributed by atoms with Crippen molar-refractivity contribution in [3.8, 4) is 10.4 Å². The summed E-state index contributed by atoms with van der Waals surface area (Å²) in [4.78, 5) is 0.656. The van der Waals surface area contributed by atoms with Gasteiger partial charge in [-0.25, -0.2) is 16.8 Å². The molecule has 3 rings (SSSR count). The Balaban J connectivity index is 1.88. The molecule has 5 nitrogen and oxygen atoms in total. The van der Waals surface area contributed by atoms with Crippen molar-refractivity contribution in [2.24, 2.45) is 0 Å². The number of benzene rings is 2. The van der Waals surface area contributed by atoms with E-state index in [0.717, 1.165) is 28.8 Å². The van der Waals surface area contributed by atoms with Crippen molar-refractivity contribution < 1.29 is 30.0 Å². The minimum absolute atomic E-state index is 0.134. The molecule has 31 heavy (non-hydrogen) atoms. The molecule has 0 spiro atoms. The average molecular weight is 490 g/mol. The molecule has 0 atom stereocenters. The number of hydrogen-bond donors (Lipinski definition) is 0. The van der Waals surface area contributed by atoms with Crippen LogP contribution in [0.25, 0.3) is 10.4 Å². The van der Waals surface area contributed by atoms with Gasteiger partial charge in [-0.15, -0.1) is 11.3 Å². The summed E-state index contributed by atoms with van der Waals surface area (Å²) in [5.41, 5.74) is -0.571. The summed E-state index contributed by atoms with van der Waals surface area (Å²) in [5.74, 6) is 0. The van der Waals surface area contributed by atoms with Crippen molar-refractivity contribution in [1.82, 2.24) is 4.31 Å². The van der Waals surface area contributed by atoms with E-state index in [9.17, 15) is 30.0 Å². The molecule has 0 saturated carbocycles. The molecule has 11 heteroatoms. The molecule has 0 amide bonds. The zero-order valence-electron chi connectivity index (χ0n) is 16.4. The van der Waals surface area contributed by atoms with Gasteiger partial charge in [-0.3, -0.25) is 0 Å². The fraction of sp³-hybridized carbons (Fsp3) is 0.200. The van der Waals surface area contributed by atoms with Crippen LogP contribution in [0.4, 0.5) is 13.2 Å². The summed E-state index contributed by atoms with van der Waals surface area (Å²) in [6.07, 6.45) is -3.70. The summed E-state index contributed by atoms with van der Waals surface area (Å²) in [7, 11) is -6.56. The second-order valence-corrected chi connectivity index (χ2v) is 12.0. The molecule has 1 aromatic heterocycles. The highest BCUT2D eigenvalue weighted by Gasteiger charge is 2.38. The number of thiophene rings is 1. The summed E-state index contributed by atoms with van der Waals surface area (Å²) < 4.78 is 89.7. The maximum Gasteiger partial charge on any atom is 0.417 e. The van der Waals surface area contributed by atoms with Gasteiger partial charge in [0.05, 0.1) is 15.4 Å². The van der Waals surface area contributed by atoms with Gasteiger partial charge in [-0.05, 0) is 42.0 Å². The van der Waals surface area contributed by atoms with Gasteiger partial charge in [-0.1, -0.05) is 24.3 Å². The van der Waals surface area contributed by atoms with Crippen LogP contribution in [0.2, 0.25) is 0 Å². The molecule has 3 aromatic rings. The van der Waals surface area contributed by atoms with Crippen molar-refractivity contribution in [2.45, 2.75) is 22.5 Å².